The van der Waals surface area contributed by atoms with E-state index in [1.807, 2.05) is 0 Å². The summed E-state index contributed by atoms with van der Waals surface area (Å²) in [6.07, 6.45) is 1.47. The van der Waals surface area contributed by atoms with Gasteiger partial charge in [-0.15, -0.1) is 0 Å². The molecule has 0 bridgehead atoms. The summed E-state index contributed by atoms with van der Waals surface area (Å²) in [7, 11) is 0. The van der Waals surface area contributed by atoms with Gasteiger partial charge in [0.05, 0.1) is 24.1 Å². The zero-order valence-electron chi connectivity index (χ0n) is 17.0. The van der Waals surface area contributed by atoms with E-state index in [2.05, 4.69) is 9.97 Å². The minimum absolute atomic E-state index is 0.00633. The fourth-order valence-corrected chi connectivity index (χ4v) is 3.24. The molecule has 2 aromatic carbocycles. The summed E-state index contributed by atoms with van der Waals surface area (Å²) in [5.41, 5.74) is 0.301. The number of rotatable bonds is 7. The predicted molar refractivity (Wildman–Crippen MR) is 112 cm³/mol. The predicted octanol–water partition coefficient (Wildman–Crippen LogP) is 4.78. The van der Waals surface area contributed by atoms with Gasteiger partial charge in [-0.1, -0.05) is 6.07 Å². The van der Waals surface area contributed by atoms with Crippen molar-refractivity contribution in [1.29, 1.82) is 0 Å². The van der Waals surface area contributed by atoms with Gasteiger partial charge in [0, 0.05) is 23.4 Å². The Morgan fingerprint density at radius 1 is 1.06 bits per heavy atom. The molecule has 0 spiro atoms. The third-order valence-electron chi connectivity index (χ3n) is 4.74. The average molecular weight is 441 g/mol. The number of hydrogen-bond donors (Lipinski definition) is 0. The topological polar surface area (TPSA) is 66.2 Å². The van der Waals surface area contributed by atoms with Crippen molar-refractivity contribution < 1.29 is 22.6 Å². The van der Waals surface area contributed by atoms with Gasteiger partial charge in [0.1, 0.15) is 24.1 Å². The molecule has 6 nitrogen and oxygen atoms in total. The molecule has 0 radical (unpaired) electrons. The van der Waals surface area contributed by atoms with E-state index in [-0.39, 0.29) is 47.3 Å². The maximum atomic E-state index is 14.3. The number of pyridine rings is 1. The van der Waals surface area contributed by atoms with Crippen LogP contribution in [0.25, 0.3) is 10.9 Å². The van der Waals surface area contributed by atoms with E-state index in [1.54, 1.807) is 31.2 Å². The van der Waals surface area contributed by atoms with Crippen LogP contribution in [0.5, 0.6) is 17.6 Å². The number of benzene rings is 2. The molecule has 164 valence electrons. The maximum absolute atomic E-state index is 14.3. The zero-order chi connectivity index (χ0) is 22.7. The first-order chi connectivity index (χ1) is 15.5. The SMILES string of the molecule is CCOc1nc(=O)c2cc(Oc3ncccc3CF)ccc2n1Cc1ccc(F)cc1F. The summed E-state index contributed by atoms with van der Waals surface area (Å²) in [5.74, 6) is -1.08. The molecule has 0 aliphatic carbocycles. The molecule has 4 rings (SSSR count). The number of hydrogen-bond acceptors (Lipinski definition) is 5. The first-order valence-electron chi connectivity index (χ1n) is 9.79. The van der Waals surface area contributed by atoms with E-state index in [4.69, 9.17) is 9.47 Å². The van der Waals surface area contributed by atoms with Crippen molar-refractivity contribution in [3.8, 4) is 17.6 Å². The molecule has 0 aliphatic rings. The van der Waals surface area contributed by atoms with Gasteiger partial charge in [0.15, 0.2) is 0 Å². The summed E-state index contributed by atoms with van der Waals surface area (Å²) < 4.78 is 53.5. The fraction of sp³-hybridized carbons (Fsp3) is 0.174. The van der Waals surface area contributed by atoms with Gasteiger partial charge in [0.2, 0.25) is 5.88 Å². The van der Waals surface area contributed by atoms with Crippen LogP contribution in [0, 0.1) is 11.6 Å². The van der Waals surface area contributed by atoms with Gasteiger partial charge in [-0.3, -0.25) is 9.36 Å². The number of alkyl halides is 1. The van der Waals surface area contributed by atoms with Crippen LogP contribution in [-0.2, 0) is 13.2 Å². The van der Waals surface area contributed by atoms with Crippen LogP contribution in [0.1, 0.15) is 18.1 Å². The second-order valence-electron chi connectivity index (χ2n) is 6.84. The van der Waals surface area contributed by atoms with Crippen LogP contribution in [0.15, 0.2) is 59.5 Å². The van der Waals surface area contributed by atoms with Gasteiger partial charge in [0.25, 0.3) is 11.6 Å². The van der Waals surface area contributed by atoms with Crippen LogP contribution >= 0.6 is 0 Å². The molecule has 0 saturated carbocycles. The minimum atomic E-state index is -0.758. The highest BCUT2D eigenvalue weighted by Crippen LogP contribution is 2.28. The van der Waals surface area contributed by atoms with E-state index in [0.29, 0.717) is 5.52 Å². The van der Waals surface area contributed by atoms with Crippen LogP contribution in [0.4, 0.5) is 13.2 Å². The van der Waals surface area contributed by atoms with Crippen molar-refractivity contribution in [1.82, 2.24) is 14.5 Å². The Hall–Kier alpha value is -3.88. The van der Waals surface area contributed by atoms with Crippen molar-refractivity contribution >= 4 is 10.9 Å². The third-order valence-corrected chi connectivity index (χ3v) is 4.74. The van der Waals surface area contributed by atoms with Crippen molar-refractivity contribution in [3.05, 3.63) is 87.8 Å². The van der Waals surface area contributed by atoms with Crippen LogP contribution in [-0.4, -0.2) is 21.1 Å². The number of fused-ring (bicyclic) bond motifs is 1. The highest BCUT2D eigenvalue weighted by molar-refractivity contribution is 5.80. The van der Waals surface area contributed by atoms with Gasteiger partial charge >= 0.3 is 0 Å². The lowest BCUT2D eigenvalue weighted by molar-refractivity contribution is 0.295. The van der Waals surface area contributed by atoms with E-state index >= 15 is 0 Å². The van der Waals surface area contributed by atoms with E-state index < -0.39 is 23.9 Å². The first-order valence-corrected chi connectivity index (χ1v) is 9.79. The van der Waals surface area contributed by atoms with Crippen molar-refractivity contribution in [2.75, 3.05) is 6.61 Å². The molecule has 2 heterocycles. The Morgan fingerprint density at radius 2 is 1.91 bits per heavy atom. The molecular weight excluding hydrogens is 423 g/mol. The molecule has 4 aromatic rings. The lowest BCUT2D eigenvalue weighted by Crippen LogP contribution is -2.18. The Bertz CT molecular complexity index is 1340. The second kappa shape index (κ2) is 9.09. The van der Waals surface area contributed by atoms with Crippen LogP contribution < -0.4 is 15.0 Å². The smallest absolute Gasteiger partial charge is 0.300 e. The maximum Gasteiger partial charge on any atom is 0.300 e. The summed E-state index contributed by atoms with van der Waals surface area (Å²) in [6, 6.07) is 11.0. The number of aromatic nitrogens is 3. The molecule has 0 N–H and O–H groups in total. The second-order valence-corrected chi connectivity index (χ2v) is 6.84. The summed E-state index contributed by atoms with van der Waals surface area (Å²) in [4.78, 5) is 20.7. The average Bonchev–Trinajstić information content (AvgIpc) is 2.78. The van der Waals surface area contributed by atoms with Gasteiger partial charge < -0.3 is 9.47 Å². The zero-order valence-corrected chi connectivity index (χ0v) is 17.0. The van der Waals surface area contributed by atoms with Crippen LogP contribution in [0.2, 0.25) is 0 Å². The fourth-order valence-electron chi connectivity index (χ4n) is 3.24. The normalized spacial score (nSPS) is 11.0. The van der Waals surface area contributed by atoms with Crippen molar-refractivity contribution in [2.45, 2.75) is 20.1 Å². The van der Waals surface area contributed by atoms with E-state index in [9.17, 15) is 18.0 Å². The lowest BCUT2D eigenvalue weighted by atomic mass is 10.2. The number of nitrogens with zero attached hydrogens (tertiary/aromatic N) is 3. The van der Waals surface area contributed by atoms with Gasteiger partial charge in [-0.25, -0.2) is 18.2 Å². The molecule has 9 heteroatoms. The Labute approximate surface area is 180 Å². The summed E-state index contributed by atoms with van der Waals surface area (Å²) in [6.45, 7) is 1.16. The molecule has 0 amide bonds. The van der Waals surface area contributed by atoms with Gasteiger partial charge in [-0.2, -0.15) is 4.98 Å². The molecule has 0 saturated heterocycles. The number of ether oxygens (including phenoxy) is 2. The Morgan fingerprint density at radius 3 is 2.66 bits per heavy atom. The van der Waals surface area contributed by atoms with E-state index in [0.717, 1.165) is 12.1 Å². The van der Waals surface area contributed by atoms with E-state index in [1.165, 1.54) is 22.9 Å². The summed E-state index contributed by atoms with van der Waals surface area (Å²) in [5, 5.41) is 0.186. The molecule has 0 aliphatic heterocycles. The highest BCUT2D eigenvalue weighted by atomic mass is 19.1. The molecule has 0 fully saturated rings. The molecule has 2 aromatic heterocycles. The lowest BCUT2D eigenvalue weighted by Gasteiger charge is -2.16. The Kier molecular flexibility index (Phi) is 6.07. The first kappa shape index (κ1) is 21.4. The minimum Gasteiger partial charge on any atom is -0.465 e. The van der Waals surface area contributed by atoms with Gasteiger partial charge in [-0.05, 0) is 43.3 Å². The Balaban J connectivity index is 1.80. The number of halogens is 3. The van der Waals surface area contributed by atoms with Crippen LogP contribution in [0.3, 0.4) is 0 Å². The highest BCUT2D eigenvalue weighted by Gasteiger charge is 2.16. The molecule has 0 unspecified atom stereocenters. The molecular formula is C23H18F3N3O3. The molecule has 32 heavy (non-hydrogen) atoms. The van der Waals surface area contributed by atoms with Crippen molar-refractivity contribution in [3.63, 3.8) is 0 Å². The van der Waals surface area contributed by atoms with Crippen molar-refractivity contribution in [2.24, 2.45) is 0 Å². The standard InChI is InChI=1S/C23H18F3N3O3/c1-2-31-23-28-21(30)18-11-17(32-22-14(12-24)4-3-9-27-22)7-8-20(18)29(23)13-15-5-6-16(25)10-19(15)26/h3-11H,2,12-13H2,1H3. The summed E-state index contributed by atoms with van der Waals surface area (Å²) >= 11 is 0. The monoisotopic (exact) mass is 441 g/mol. The largest absolute Gasteiger partial charge is 0.465 e. The quantitative estimate of drug-likeness (QED) is 0.413. The molecule has 0 atom stereocenters. The third kappa shape index (κ3) is 4.27.